The van der Waals surface area contributed by atoms with Crippen LogP contribution in [0, 0.1) is 23.7 Å². The van der Waals surface area contributed by atoms with E-state index < -0.39 is 87.0 Å². The molecule has 4 bridgehead atoms. The minimum absolute atomic E-state index is 0. The first-order chi connectivity index (χ1) is 19.9. The van der Waals surface area contributed by atoms with Gasteiger partial charge in [0.15, 0.2) is 13.2 Å². The Balaban J connectivity index is 0.000000251. The zero-order valence-electron chi connectivity index (χ0n) is 23.4. The summed E-state index contributed by atoms with van der Waals surface area (Å²) >= 11 is 0. The molecule has 2 N–H and O–H groups in total. The van der Waals surface area contributed by atoms with Gasteiger partial charge in [-0.15, -0.1) is 0 Å². The summed E-state index contributed by atoms with van der Waals surface area (Å²) in [6.45, 7) is 8.47. The van der Waals surface area contributed by atoms with Gasteiger partial charge in [0.2, 0.25) is 0 Å². The van der Waals surface area contributed by atoms with E-state index in [4.69, 9.17) is 22.9 Å². The van der Waals surface area contributed by atoms with Crippen molar-refractivity contribution < 1.29 is 68.8 Å². The highest BCUT2D eigenvalue weighted by Gasteiger charge is 2.65. The van der Waals surface area contributed by atoms with E-state index in [2.05, 4.69) is 17.9 Å². The Bertz CT molecular complexity index is 1420. The number of aliphatic carboxylic acids is 1. The molecule has 2 saturated heterocycles. The van der Waals surface area contributed by atoms with Crippen molar-refractivity contribution in [2.24, 2.45) is 23.7 Å². The van der Waals surface area contributed by atoms with Crippen molar-refractivity contribution in [3.05, 3.63) is 24.3 Å². The molecule has 0 aromatic heterocycles. The monoisotopic (exact) mass is 682 g/mol. The summed E-state index contributed by atoms with van der Waals surface area (Å²) in [7, 11) is -6.85. The van der Waals surface area contributed by atoms with Crippen molar-refractivity contribution in [2.45, 2.75) is 89.3 Å². The van der Waals surface area contributed by atoms with Gasteiger partial charge in [-0.2, -0.15) is 16.8 Å². The molecule has 0 radical (unpaired) electrons. The van der Waals surface area contributed by atoms with Gasteiger partial charge in [0.25, 0.3) is 20.2 Å². The summed E-state index contributed by atoms with van der Waals surface area (Å²) in [5.74, 6) is -3.06. The summed E-state index contributed by atoms with van der Waals surface area (Å²) in [6.07, 6.45) is 0.479. The number of carbonyl (C=O) groups excluding carboxylic acids is 3. The molecule has 2 heterocycles. The predicted molar refractivity (Wildman–Crippen MR) is 156 cm³/mol. The van der Waals surface area contributed by atoms with Crippen molar-refractivity contribution in [3.63, 3.8) is 0 Å². The number of ether oxygens (including phenoxy) is 3. The first kappa shape index (κ1) is 38.3. The fourth-order valence-electron chi connectivity index (χ4n) is 6.63. The summed E-state index contributed by atoms with van der Waals surface area (Å²) in [5.41, 5.74) is 0.386. The van der Waals surface area contributed by atoms with Crippen LogP contribution in [0.5, 0.6) is 0 Å². The van der Waals surface area contributed by atoms with Crippen LogP contribution in [0.3, 0.4) is 0 Å². The second-order valence-corrected chi connectivity index (χ2v) is 15.1. The van der Waals surface area contributed by atoms with Crippen molar-refractivity contribution >= 4 is 44.1 Å². The maximum absolute atomic E-state index is 11.8. The molecule has 4 aliphatic carbocycles. The zero-order valence-corrected chi connectivity index (χ0v) is 25.1. The molecule has 10 atom stereocenters. The molecule has 4 saturated carbocycles. The van der Waals surface area contributed by atoms with E-state index in [1.165, 1.54) is 13.8 Å². The average Bonchev–Trinajstić information content (AvgIpc) is 3.72. The van der Waals surface area contributed by atoms with Crippen LogP contribution in [0.1, 0.15) is 54.4 Å². The fourth-order valence-corrected chi connectivity index (χ4v) is 10.4. The molecule has 6 rings (SSSR count). The van der Waals surface area contributed by atoms with Gasteiger partial charge in [-0.05, 0) is 45.4 Å². The standard InChI is InChI=1S/C13H16O7S.C7H10O4S.C6H8O4.2CH4/c1-6(2)13(15)18-5-10(14)19-11-7-3-8-9(4-7)21(16,17)20-12(8)11;8-6-3-1-4-5(2-3)12(9,10)11-7(4)6;1-4(2)6(9)10-3-5(7)8;;/h7-9,11-12H,1,3-5H2,2H3;3-8H,1-2H2;1,3H2,2H3,(H,7,8);2*1H4. The summed E-state index contributed by atoms with van der Waals surface area (Å²) in [4.78, 5) is 43.2. The first-order valence-corrected chi connectivity index (χ1v) is 16.5. The van der Waals surface area contributed by atoms with Gasteiger partial charge in [0, 0.05) is 28.9 Å². The Hall–Kier alpha value is -2.86. The molecule has 2 aliphatic heterocycles. The van der Waals surface area contributed by atoms with Crippen LogP contribution in [0.25, 0.3) is 0 Å². The first-order valence-electron chi connectivity index (χ1n) is 13.5. The molecular formula is C28H42O15S2. The summed E-state index contributed by atoms with van der Waals surface area (Å²) in [5, 5.41) is 16.8. The highest BCUT2D eigenvalue weighted by molar-refractivity contribution is 7.87. The van der Waals surface area contributed by atoms with Crippen LogP contribution < -0.4 is 0 Å². The normalized spacial score (nSPS) is 35.6. The lowest BCUT2D eigenvalue weighted by atomic mass is 9.94. The number of esters is 3. The smallest absolute Gasteiger partial charge is 0.344 e. The van der Waals surface area contributed by atoms with Gasteiger partial charge in [0.1, 0.15) is 18.3 Å². The summed E-state index contributed by atoms with van der Waals surface area (Å²) in [6, 6.07) is 0. The third kappa shape index (κ3) is 7.93. The van der Waals surface area contributed by atoms with E-state index in [1.54, 1.807) is 0 Å². The number of carbonyl (C=O) groups is 4. The highest BCUT2D eigenvalue weighted by Crippen LogP contribution is 2.56. The molecule has 6 fully saturated rings. The quantitative estimate of drug-likeness (QED) is 0.166. The third-order valence-electron chi connectivity index (χ3n) is 8.47. The molecule has 17 heteroatoms. The van der Waals surface area contributed by atoms with Crippen molar-refractivity contribution in [1.82, 2.24) is 0 Å². The van der Waals surface area contributed by atoms with Crippen molar-refractivity contribution in [3.8, 4) is 0 Å². The van der Waals surface area contributed by atoms with E-state index in [9.17, 15) is 41.1 Å². The van der Waals surface area contributed by atoms with Gasteiger partial charge in [-0.1, -0.05) is 28.0 Å². The molecule has 0 aromatic rings. The number of carboxylic acids is 1. The number of fused-ring (bicyclic) bond motifs is 2. The van der Waals surface area contributed by atoms with Crippen LogP contribution in [0.15, 0.2) is 24.3 Å². The zero-order chi connectivity index (χ0) is 32.0. The van der Waals surface area contributed by atoms with Gasteiger partial charge < -0.3 is 24.4 Å². The van der Waals surface area contributed by atoms with Gasteiger partial charge in [-0.3, -0.25) is 8.37 Å². The predicted octanol–water partition coefficient (Wildman–Crippen LogP) is 1.10. The number of aliphatic hydroxyl groups is 1. The number of hydrogen-bond acceptors (Lipinski definition) is 14. The molecule has 10 unspecified atom stereocenters. The van der Waals surface area contributed by atoms with Gasteiger partial charge >= 0.3 is 23.9 Å². The molecule has 0 spiro atoms. The topological polar surface area (TPSA) is 223 Å². The molecule has 15 nitrogen and oxygen atoms in total. The van der Waals surface area contributed by atoms with E-state index in [0.29, 0.717) is 19.3 Å². The van der Waals surface area contributed by atoms with Crippen LogP contribution >= 0.6 is 0 Å². The largest absolute Gasteiger partial charge is 0.479 e. The minimum Gasteiger partial charge on any atom is -0.479 e. The van der Waals surface area contributed by atoms with Gasteiger partial charge in [0.05, 0.1) is 16.6 Å². The number of rotatable bonds is 7. The Labute approximate surface area is 263 Å². The molecule has 256 valence electrons. The second-order valence-electron chi connectivity index (χ2n) is 11.5. The molecular weight excluding hydrogens is 640 g/mol. The van der Waals surface area contributed by atoms with Crippen molar-refractivity contribution in [2.75, 3.05) is 13.2 Å². The van der Waals surface area contributed by atoms with Crippen LogP contribution in [-0.4, -0.2) is 99.1 Å². The summed E-state index contributed by atoms with van der Waals surface area (Å²) < 4.78 is 70.2. The number of carboxylic acid groups (broad SMARTS) is 1. The molecule has 0 aromatic carbocycles. The van der Waals surface area contributed by atoms with Gasteiger partial charge in [-0.25, -0.2) is 19.2 Å². The lowest BCUT2D eigenvalue weighted by Gasteiger charge is -2.24. The number of hydrogen-bond donors (Lipinski definition) is 2. The maximum Gasteiger partial charge on any atom is 0.344 e. The molecule has 0 amide bonds. The van der Waals surface area contributed by atoms with Crippen LogP contribution in [0.2, 0.25) is 0 Å². The Morgan fingerprint density at radius 3 is 1.67 bits per heavy atom. The fraction of sp³-hybridized carbons (Fsp3) is 0.714. The molecule has 45 heavy (non-hydrogen) atoms. The highest BCUT2D eigenvalue weighted by atomic mass is 32.2. The van der Waals surface area contributed by atoms with E-state index in [1.807, 2.05) is 0 Å². The second kappa shape index (κ2) is 14.3. The number of aliphatic hydroxyl groups excluding tert-OH is 1. The maximum atomic E-state index is 11.8. The third-order valence-corrected chi connectivity index (χ3v) is 12.0. The van der Waals surface area contributed by atoms with E-state index in [0.717, 1.165) is 6.42 Å². The SMILES string of the molecule is C.C.C=C(C)C(=O)OCC(=O)O.C=C(C)C(=O)OCC(=O)OC1C2CC3C1OS(=O)(=O)C3C2.O=S1(=O)OC2C(O)C3CC2C1C3. The van der Waals surface area contributed by atoms with Crippen LogP contribution in [-0.2, 0) is 62.0 Å². The van der Waals surface area contributed by atoms with E-state index >= 15 is 0 Å². The minimum atomic E-state index is -3.53. The van der Waals surface area contributed by atoms with Crippen LogP contribution in [0.4, 0.5) is 0 Å². The average molecular weight is 683 g/mol. The molecule has 6 aliphatic rings. The Kier molecular flexibility index (Phi) is 12.2. The lowest BCUT2D eigenvalue weighted by molar-refractivity contribution is -0.165. The van der Waals surface area contributed by atoms with E-state index in [-0.39, 0.29) is 54.9 Å². The lowest BCUT2D eigenvalue weighted by Crippen LogP contribution is -2.38. The Morgan fingerprint density at radius 1 is 0.756 bits per heavy atom. The Morgan fingerprint density at radius 2 is 1.20 bits per heavy atom. The van der Waals surface area contributed by atoms with Crippen molar-refractivity contribution in [1.29, 1.82) is 0 Å².